The maximum Gasteiger partial charge on any atom is 0.514 e. The Hall–Kier alpha value is -5.14. The molecule has 1 fully saturated rings. The summed E-state index contributed by atoms with van der Waals surface area (Å²) in [6.07, 6.45) is 0.279. The summed E-state index contributed by atoms with van der Waals surface area (Å²) < 4.78 is 28.2. The summed E-state index contributed by atoms with van der Waals surface area (Å²) in [6, 6.07) is 9.90. The van der Waals surface area contributed by atoms with Crippen LogP contribution in [0.3, 0.4) is 0 Å². The average molecular weight is 597 g/mol. The first-order valence-electron chi connectivity index (χ1n) is 13.3. The highest BCUT2D eigenvalue weighted by Gasteiger charge is 2.37. The number of methoxy groups -OCH3 is 2. The van der Waals surface area contributed by atoms with Crippen molar-refractivity contribution < 1.29 is 43.0 Å². The van der Waals surface area contributed by atoms with Crippen LogP contribution in [0.5, 0.6) is 23.0 Å². The number of nitro groups is 1. The molecule has 1 amide bonds. The van der Waals surface area contributed by atoms with Crippen molar-refractivity contribution in [3.05, 3.63) is 63.8 Å². The Bertz CT molecular complexity index is 1500. The number of amides is 1. The van der Waals surface area contributed by atoms with Gasteiger partial charge in [0.15, 0.2) is 12.9 Å². The number of non-ortho nitro benzene ring substituents is 1. The number of anilines is 1. The van der Waals surface area contributed by atoms with Gasteiger partial charge in [0.25, 0.3) is 11.6 Å². The zero-order valence-electron chi connectivity index (χ0n) is 24.3. The number of nitrogens with zero attached hydrogens (tertiary/aromatic N) is 3. The molecule has 0 aliphatic heterocycles. The highest BCUT2D eigenvalue weighted by Crippen LogP contribution is 2.40. The number of rotatable bonds is 11. The van der Waals surface area contributed by atoms with Crippen molar-refractivity contribution in [3.63, 3.8) is 0 Å². The van der Waals surface area contributed by atoms with Gasteiger partial charge in [0.2, 0.25) is 0 Å². The first-order chi connectivity index (χ1) is 20.4. The molecule has 228 valence electrons. The van der Waals surface area contributed by atoms with Crippen LogP contribution in [0, 0.1) is 10.1 Å². The van der Waals surface area contributed by atoms with Crippen LogP contribution in [-0.2, 0) is 15.1 Å². The van der Waals surface area contributed by atoms with Gasteiger partial charge in [0.05, 0.1) is 35.9 Å². The van der Waals surface area contributed by atoms with Crippen molar-refractivity contribution in [1.29, 1.82) is 0 Å². The van der Waals surface area contributed by atoms with Crippen molar-refractivity contribution in [2.75, 3.05) is 26.1 Å². The van der Waals surface area contributed by atoms with Gasteiger partial charge in [-0.05, 0) is 45.7 Å². The molecule has 1 heterocycles. The number of carbonyl (C=O) groups excluding carboxylic acids is 3. The molecule has 4 rings (SSSR count). The topological polar surface area (TPSA) is 170 Å². The van der Waals surface area contributed by atoms with Gasteiger partial charge in [0.1, 0.15) is 34.9 Å². The summed E-state index contributed by atoms with van der Waals surface area (Å²) in [7, 11) is 2.87. The fourth-order valence-electron chi connectivity index (χ4n) is 4.42. The van der Waals surface area contributed by atoms with Crippen LogP contribution >= 0.6 is 0 Å². The van der Waals surface area contributed by atoms with Gasteiger partial charge in [-0.15, -0.1) is 0 Å². The number of nitro benzene ring substituents is 1. The van der Waals surface area contributed by atoms with Crippen LogP contribution in [0.2, 0.25) is 0 Å². The lowest BCUT2D eigenvalue weighted by atomic mass is 9.80. The Morgan fingerprint density at radius 3 is 2.33 bits per heavy atom. The SMILES string of the molecule is COc1cc(OC)c(C=O)c(OCC(=O)Nc2cc(C3CC(OC(=O)Oc4ccc([N+](=O)[O-])cc4)C3)nn2C(C)(C)C)c1. The van der Waals surface area contributed by atoms with E-state index in [9.17, 15) is 24.5 Å². The predicted molar refractivity (Wildman–Crippen MR) is 152 cm³/mol. The van der Waals surface area contributed by atoms with Gasteiger partial charge in [-0.25, -0.2) is 9.48 Å². The average Bonchev–Trinajstić information content (AvgIpc) is 3.36. The fourth-order valence-corrected chi connectivity index (χ4v) is 4.42. The highest BCUT2D eigenvalue weighted by atomic mass is 16.7. The quantitative estimate of drug-likeness (QED) is 0.105. The monoisotopic (exact) mass is 596 g/mol. The summed E-state index contributed by atoms with van der Waals surface area (Å²) in [4.78, 5) is 46.9. The van der Waals surface area contributed by atoms with Crippen LogP contribution in [0.15, 0.2) is 42.5 Å². The summed E-state index contributed by atoms with van der Waals surface area (Å²) in [6.45, 7) is 5.43. The number of aldehydes is 1. The minimum Gasteiger partial charge on any atom is -0.496 e. The number of nitrogens with one attached hydrogen (secondary N) is 1. The zero-order chi connectivity index (χ0) is 31.3. The second-order valence-electron chi connectivity index (χ2n) is 10.7. The Balaban J connectivity index is 1.36. The molecule has 0 unspecified atom stereocenters. The first kappa shape index (κ1) is 30.8. The Morgan fingerprint density at radius 2 is 1.74 bits per heavy atom. The largest absolute Gasteiger partial charge is 0.514 e. The smallest absolute Gasteiger partial charge is 0.496 e. The molecule has 14 heteroatoms. The minimum absolute atomic E-state index is 0.0212. The third-order valence-corrected chi connectivity index (χ3v) is 6.67. The second kappa shape index (κ2) is 12.8. The van der Waals surface area contributed by atoms with Gasteiger partial charge in [-0.1, -0.05) is 0 Å². The number of ether oxygens (including phenoxy) is 5. The zero-order valence-corrected chi connectivity index (χ0v) is 24.3. The molecule has 2 aromatic carbocycles. The second-order valence-corrected chi connectivity index (χ2v) is 10.7. The molecule has 1 aliphatic rings. The number of carbonyl (C=O) groups is 3. The van der Waals surface area contributed by atoms with Crippen molar-refractivity contribution in [2.24, 2.45) is 0 Å². The maximum absolute atomic E-state index is 12.9. The van der Waals surface area contributed by atoms with E-state index in [1.54, 1.807) is 10.7 Å². The van der Waals surface area contributed by atoms with Gasteiger partial charge in [-0.3, -0.25) is 19.7 Å². The number of hydrogen-bond donors (Lipinski definition) is 1. The van der Waals surface area contributed by atoms with Gasteiger partial charge in [0, 0.05) is 36.2 Å². The van der Waals surface area contributed by atoms with E-state index in [1.807, 2.05) is 20.8 Å². The van der Waals surface area contributed by atoms with Gasteiger partial charge in [-0.2, -0.15) is 5.10 Å². The third kappa shape index (κ3) is 7.39. The normalized spacial score (nSPS) is 15.9. The van der Waals surface area contributed by atoms with Crippen molar-refractivity contribution in [2.45, 2.75) is 51.2 Å². The molecule has 1 N–H and O–H groups in total. The van der Waals surface area contributed by atoms with Gasteiger partial charge >= 0.3 is 6.16 Å². The third-order valence-electron chi connectivity index (χ3n) is 6.67. The molecular formula is C29H32N4O10. The predicted octanol–water partition coefficient (Wildman–Crippen LogP) is 4.86. The van der Waals surface area contributed by atoms with Crippen LogP contribution in [0.1, 0.15) is 55.6 Å². The first-order valence-corrected chi connectivity index (χ1v) is 13.3. The molecule has 0 saturated heterocycles. The summed E-state index contributed by atoms with van der Waals surface area (Å²) in [5.41, 5.74) is 0.276. The van der Waals surface area contributed by atoms with E-state index in [-0.39, 0.29) is 34.4 Å². The van der Waals surface area contributed by atoms with Crippen LogP contribution < -0.4 is 24.3 Å². The van der Waals surface area contributed by atoms with E-state index in [0.29, 0.717) is 30.7 Å². The molecule has 3 aromatic rings. The molecule has 1 saturated carbocycles. The standard InChI is InChI=1S/C29H32N4O10/c1-29(2,3)32-26(30-27(35)16-41-25-13-20(39-4)12-24(40-5)22(25)15-34)14-23(31-32)17-10-21(11-17)43-28(36)42-19-8-6-18(7-9-19)33(37)38/h6-9,12-15,17,21H,10-11,16H2,1-5H3,(H,30,35). The molecule has 0 spiro atoms. The minimum atomic E-state index is -0.906. The molecule has 0 atom stereocenters. The van der Waals surface area contributed by atoms with E-state index in [0.717, 1.165) is 5.69 Å². The van der Waals surface area contributed by atoms with Gasteiger partial charge < -0.3 is 29.0 Å². The maximum atomic E-state index is 12.9. The van der Waals surface area contributed by atoms with E-state index >= 15 is 0 Å². The lowest BCUT2D eigenvalue weighted by Gasteiger charge is -2.33. The summed E-state index contributed by atoms with van der Waals surface area (Å²) >= 11 is 0. The van der Waals surface area contributed by atoms with Crippen molar-refractivity contribution in [3.8, 4) is 23.0 Å². The Labute approximate surface area is 247 Å². The van der Waals surface area contributed by atoms with Crippen LogP contribution in [0.25, 0.3) is 0 Å². The number of benzene rings is 2. The fraction of sp³-hybridized carbons (Fsp3) is 0.379. The molecule has 43 heavy (non-hydrogen) atoms. The van der Waals surface area contributed by atoms with Crippen LogP contribution in [0.4, 0.5) is 16.3 Å². The van der Waals surface area contributed by atoms with Crippen LogP contribution in [-0.4, -0.2) is 60.0 Å². The summed E-state index contributed by atoms with van der Waals surface area (Å²) in [5, 5.41) is 18.3. The molecule has 0 radical (unpaired) electrons. The van der Waals surface area contributed by atoms with Crippen molar-refractivity contribution in [1.82, 2.24) is 9.78 Å². The summed E-state index contributed by atoms with van der Waals surface area (Å²) in [5.74, 6) is 0.883. The molecule has 0 bridgehead atoms. The Morgan fingerprint density at radius 1 is 1.07 bits per heavy atom. The number of aromatic nitrogens is 2. The van der Waals surface area contributed by atoms with E-state index in [1.165, 1.54) is 50.6 Å². The molecular weight excluding hydrogens is 564 g/mol. The van der Waals surface area contributed by atoms with E-state index in [2.05, 4.69) is 5.32 Å². The lowest BCUT2D eigenvalue weighted by molar-refractivity contribution is -0.384. The van der Waals surface area contributed by atoms with Crippen molar-refractivity contribution >= 4 is 29.9 Å². The molecule has 1 aliphatic carbocycles. The van der Waals surface area contributed by atoms with E-state index in [4.69, 9.17) is 28.8 Å². The lowest BCUT2D eigenvalue weighted by Crippen LogP contribution is -2.33. The Kier molecular flexibility index (Phi) is 9.17. The highest BCUT2D eigenvalue weighted by molar-refractivity contribution is 5.91. The van der Waals surface area contributed by atoms with E-state index < -0.39 is 35.2 Å². The number of hydrogen-bond acceptors (Lipinski definition) is 11. The molecule has 1 aromatic heterocycles. The molecule has 14 nitrogen and oxygen atoms in total.